The first kappa shape index (κ1) is 16.6. The summed E-state index contributed by atoms with van der Waals surface area (Å²) in [4.78, 5) is 15.0. The predicted molar refractivity (Wildman–Crippen MR) is 89.3 cm³/mol. The van der Waals surface area contributed by atoms with Crippen LogP contribution in [0.1, 0.15) is 24.8 Å². The summed E-state index contributed by atoms with van der Waals surface area (Å²) in [5, 5.41) is 3.49. The molecule has 0 radical (unpaired) electrons. The van der Waals surface area contributed by atoms with E-state index < -0.39 is 0 Å². The van der Waals surface area contributed by atoms with Crippen LogP contribution in [0.15, 0.2) is 58.6 Å². The van der Waals surface area contributed by atoms with Crippen molar-refractivity contribution in [1.82, 2.24) is 4.57 Å². The lowest BCUT2D eigenvalue weighted by molar-refractivity contribution is 0.298. The number of aryl methyl sites for hydroxylation is 1. The summed E-state index contributed by atoms with van der Waals surface area (Å²) >= 11 is 0. The van der Waals surface area contributed by atoms with Crippen LogP contribution in [0.3, 0.4) is 0 Å². The molecule has 120 valence electrons. The third-order valence-corrected chi connectivity index (χ3v) is 3.44. The Hall–Kier alpha value is -2.72. The lowest BCUT2D eigenvalue weighted by atomic mass is 10.2. The first-order valence-electron chi connectivity index (χ1n) is 7.68. The van der Waals surface area contributed by atoms with E-state index in [1.54, 1.807) is 16.8 Å². The monoisotopic (exact) mass is 312 g/mol. The first-order chi connectivity index (χ1) is 11.3. The van der Waals surface area contributed by atoms with Crippen LogP contribution in [-0.4, -0.2) is 11.1 Å². The van der Waals surface area contributed by atoms with Crippen LogP contribution >= 0.6 is 0 Å². The zero-order valence-electron chi connectivity index (χ0n) is 13.0. The predicted octanol–water partition coefficient (Wildman–Crippen LogP) is 3.91. The second-order valence-electron chi connectivity index (χ2n) is 5.16. The van der Waals surface area contributed by atoms with E-state index in [0.29, 0.717) is 25.4 Å². The fourth-order valence-corrected chi connectivity index (χ4v) is 2.22. The summed E-state index contributed by atoms with van der Waals surface area (Å²) < 4.78 is 7.30. The molecule has 0 amide bonds. The molecule has 1 aromatic heterocycles. The molecule has 0 aliphatic heterocycles. The van der Waals surface area contributed by atoms with Crippen LogP contribution < -0.4 is 10.3 Å². The summed E-state index contributed by atoms with van der Waals surface area (Å²) in [6.07, 6.45) is 4.39. The molecule has 2 aromatic rings. The minimum atomic E-state index is -0.113. The Balaban J connectivity index is 1.87. The lowest BCUT2D eigenvalue weighted by Crippen LogP contribution is -2.21. The van der Waals surface area contributed by atoms with Gasteiger partial charge in [-0.25, -0.2) is 0 Å². The molecule has 1 heterocycles. The van der Waals surface area contributed by atoms with E-state index in [0.717, 1.165) is 24.8 Å². The Morgan fingerprint density at radius 1 is 1.09 bits per heavy atom. The average molecular weight is 312 g/mol. The van der Waals surface area contributed by atoms with Gasteiger partial charge in [-0.05, 0) is 36.1 Å². The molecule has 0 saturated carbocycles. The second kappa shape index (κ2) is 9.33. The van der Waals surface area contributed by atoms with Crippen LogP contribution in [0, 0.1) is 0 Å². The Morgan fingerprint density at radius 3 is 2.70 bits per heavy atom. The van der Waals surface area contributed by atoms with E-state index in [4.69, 9.17) is 10.3 Å². The molecule has 0 spiro atoms. The molecule has 0 aliphatic rings. The molecule has 6 heteroatoms. The molecule has 6 nitrogen and oxygen atoms in total. The molecular formula is C17H20N4O2. The summed E-state index contributed by atoms with van der Waals surface area (Å²) in [6.45, 7) is 1.52. The number of azide groups is 1. The number of hydrogen-bond acceptors (Lipinski definition) is 3. The lowest BCUT2D eigenvalue weighted by Gasteiger charge is -2.09. The van der Waals surface area contributed by atoms with Gasteiger partial charge in [0.2, 0.25) is 0 Å². The number of ether oxygens (including phenoxy) is 1. The highest BCUT2D eigenvalue weighted by Gasteiger charge is 2.04. The molecule has 0 saturated heterocycles. The normalized spacial score (nSPS) is 10.1. The number of hydrogen-bond donors (Lipinski definition) is 0. The Bertz CT molecular complexity index is 706. The quantitative estimate of drug-likeness (QED) is 0.304. The minimum Gasteiger partial charge on any atom is -0.483 e. The third-order valence-electron chi connectivity index (χ3n) is 3.44. The van der Waals surface area contributed by atoms with Crippen molar-refractivity contribution in [2.75, 3.05) is 6.54 Å². The van der Waals surface area contributed by atoms with Crippen LogP contribution in [0.5, 0.6) is 5.75 Å². The van der Waals surface area contributed by atoms with Crippen molar-refractivity contribution in [1.29, 1.82) is 0 Å². The zero-order chi connectivity index (χ0) is 16.3. The van der Waals surface area contributed by atoms with Gasteiger partial charge in [-0.1, -0.05) is 41.9 Å². The number of aromatic nitrogens is 1. The van der Waals surface area contributed by atoms with E-state index in [9.17, 15) is 4.79 Å². The van der Waals surface area contributed by atoms with E-state index in [1.807, 2.05) is 36.4 Å². The SMILES string of the molecule is [N-]=[N+]=NCCCCCn1cccc(OCc2ccccc2)c1=O. The molecule has 0 bridgehead atoms. The zero-order valence-corrected chi connectivity index (χ0v) is 13.0. The third kappa shape index (κ3) is 5.52. The standard InChI is InChI=1S/C17H20N4O2/c18-20-19-11-5-2-6-12-21-13-7-10-16(17(21)22)23-14-15-8-3-1-4-9-15/h1,3-4,7-10,13H,2,5-6,11-12,14H2. The van der Waals surface area contributed by atoms with Crippen molar-refractivity contribution in [3.63, 3.8) is 0 Å². The summed E-state index contributed by atoms with van der Waals surface area (Å²) in [5.41, 5.74) is 9.12. The molecule has 0 fully saturated rings. The van der Waals surface area contributed by atoms with Crippen LogP contribution in [-0.2, 0) is 13.2 Å². The molecule has 23 heavy (non-hydrogen) atoms. The molecule has 0 unspecified atom stereocenters. The van der Waals surface area contributed by atoms with E-state index in [2.05, 4.69) is 10.0 Å². The van der Waals surface area contributed by atoms with Crippen molar-refractivity contribution < 1.29 is 4.74 Å². The van der Waals surface area contributed by atoms with Crippen LogP contribution in [0.25, 0.3) is 10.4 Å². The summed E-state index contributed by atoms with van der Waals surface area (Å²) in [6, 6.07) is 13.3. The first-order valence-corrected chi connectivity index (χ1v) is 7.68. The fourth-order valence-electron chi connectivity index (χ4n) is 2.22. The molecule has 1 aromatic carbocycles. The second-order valence-corrected chi connectivity index (χ2v) is 5.16. The van der Waals surface area contributed by atoms with Gasteiger partial charge in [0.15, 0.2) is 5.75 Å². The van der Waals surface area contributed by atoms with Gasteiger partial charge >= 0.3 is 0 Å². The highest BCUT2D eigenvalue weighted by Crippen LogP contribution is 2.08. The van der Waals surface area contributed by atoms with Gasteiger partial charge in [0, 0.05) is 24.2 Å². The van der Waals surface area contributed by atoms with Crippen LogP contribution in [0.4, 0.5) is 0 Å². The Kier molecular flexibility index (Phi) is 6.75. The van der Waals surface area contributed by atoms with Gasteiger partial charge in [-0.15, -0.1) is 0 Å². The number of rotatable bonds is 9. The van der Waals surface area contributed by atoms with Crippen molar-refractivity contribution >= 4 is 0 Å². The van der Waals surface area contributed by atoms with Gasteiger partial charge in [-0.3, -0.25) is 4.79 Å². The van der Waals surface area contributed by atoms with E-state index >= 15 is 0 Å². The van der Waals surface area contributed by atoms with Gasteiger partial charge in [0.1, 0.15) is 6.61 Å². The summed E-state index contributed by atoms with van der Waals surface area (Å²) in [5.74, 6) is 0.366. The van der Waals surface area contributed by atoms with Crippen molar-refractivity contribution in [2.24, 2.45) is 5.11 Å². The average Bonchev–Trinajstić information content (AvgIpc) is 2.59. The van der Waals surface area contributed by atoms with Crippen LogP contribution in [0.2, 0.25) is 0 Å². The number of unbranched alkanes of at least 4 members (excludes halogenated alkanes) is 2. The van der Waals surface area contributed by atoms with Gasteiger partial charge in [0.25, 0.3) is 5.56 Å². The van der Waals surface area contributed by atoms with Crippen molar-refractivity contribution in [3.05, 3.63) is 75.0 Å². The largest absolute Gasteiger partial charge is 0.483 e. The minimum absolute atomic E-state index is 0.113. The highest BCUT2D eigenvalue weighted by molar-refractivity contribution is 5.19. The maximum atomic E-state index is 12.3. The van der Waals surface area contributed by atoms with Gasteiger partial charge < -0.3 is 9.30 Å². The molecule has 0 atom stereocenters. The Morgan fingerprint density at radius 2 is 1.91 bits per heavy atom. The fraction of sp³-hybridized carbons (Fsp3) is 0.353. The van der Waals surface area contributed by atoms with E-state index in [1.165, 1.54) is 0 Å². The maximum absolute atomic E-state index is 12.3. The Labute approximate surface area is 135 Å². The number of benzene rings is 1. The van der Waals surface area contributed by atoms with Gasteiger partial charge in [0.05, 0.1) is 0 Å². The van der Waals surface area contributed by atoms with Crippen molar-refractivity contribution in [2.45, 2.75) is 32.4 Å². The van der Waals surface area contributed by atoms with Crippen molar-refractivity contribution in [3.8, 4) is 5.75 Å². The smallest absolute Gasteiger partial charge is 0.292 e. The number of pyridine rings is 1. The molecular weight excluding hydrogens is 292 g/mol. The molecule has 0 aliphatic carbocycles. The molecule has 2 rings (SSSR count). The topological polar surface area (TPSA) is 80.0 Å². The maximum Gasteiger partial charge on any atom is 0.292 e. The highest BCUT2D eigenvalue weighted by atomic mass is 16.5. The van der Waals surface area contributed by atoms with E-state index in [-0.39, 0.29) is 5.56 Å². The molecule has 0 N–H and O–H groups in total. The van der Waals surface area contributed by atoms with Gasteiger partial charge in [-0.2, -0.15) is 0 Å². The summed E-state index contributed by atoms with van der Waals surface area (Å²) in [7, 11) is 0. The number of nitrogens with zero attached hydrogens (tertiary/aromatic N) is 4.